The summed E-state index contributed by atoms with van der Waals surface area (Å²) in [5.74, 6) is -0.465. The van der Waals surface area contributed by atoms with Crippen LogP contribution in [0.2, 0.25) is 0 Å². The molecule has 0 aliphatic rings. The van der Waals surface area contributed by atoms with Crippen molar-refractivity contribution < 1.29 is 4.79 Å². The van der Waals surface area contributed by atoms with E-state index in [9.17, 15) is 14.9 Å². The Hall–Kier alpha value is -3.59. The highest BCUT2D eigenvalue weighted by Crippen LogP contribution is 2.20. The average Bonchev–Trinajstić information content (AvgIpc) is 2.87. The number of anilines is 1. The van der Waals surface area contributed by atoms with Crippen molar-refractivity contribution in [3.05, 3.63) is 69.1 Å². The first kappa shape index (κ1) is 18.2. The number of nitrogens with one attached hydrogen (secondary N) is 1. The second-order valence-corrected chi connectivity index (χ2v) is 6.52. The number of amides is 1. The van der Waals surface area contributed by atoms with E-state index in [0.29, 0.717) is 11.3 Å². The molecular formula is C21H20N4O2. The zero-order valence-electron chi connectivity index (χ0n) is 15.7. The Morgan fingerprint density at radius 1 is 1.11 bits per heavy atom. The van der Waals surface area contributed by atoms with Crippen LogP contribution in [-0.2, 0) is 18.9 Å². The number of hydrogen-bond donors (Lipinski definition) is 1. The first-order valence-electron chi connectivity index (χ1n) is 8.48. The van der Waals surface area contributed by atoms with Gasteiger partial charge in [0.15, 0.2) is 0 Å². The lowest BCUT2D eigenvalue weighted by molar-refractivity contribution is -0.112. The van der Waals surface area contributed by atoms with Crippen LogP contribution in [0.3, 0.4) is 0 Å². The second-order valence-electron chi connectivity index (χ2n) is 6.52. The zero-order chi connectivity index (χ0) is 19.7. The summed E-state index contributed by atoms with van der Waals surface area (Å²) in [6.07, 6.45) is 1.53. The van der Waals surface area contributed by atoms with Crippen molar-refractivity contribution in [1.29, 1.82) is 5.26 Å². The number of carbonyl (C=O) groups is 1. The van der Waals surface area contributed by atoms with E-state index in [0.717, 1.165) is 22.2 Å². The Kier molecular flexibility index (Phi) is 4.70. The van der Waals surface area contributed by atoms with E-state index in [4.69, 9.17) is 0 Å². The highest BCUT2D eigenvalue weighted by Gasteiger charge is 2.13. The molecule has 0 saturated heterocycles. The van der Waals surface area contributed by atoms with Crippen LogP contribution in [0, 0.1) is 25.2 Å². The lowest BCUT2D eigenvalue weighted by atomic mass is 10.1. The van der Waals surface area contributed by atoms with Gasteiger partial charge in [-0.3, -0.25) is 13.9 Å². The summed E-state index contributed by atoms with van der Waals surface area (Å²) in [5.41, 5.74) is 4.78. The summed E-state index contributed by atoms with van der Waals surface area (Å²) in [4.78, 5) is 24.6. The minimum absolute atomic E-state index is 0.00353. The maximum atomic E-state index is 12.5. The topological polar surface area (TPSA) is 79.8 Å². The van der Waals surface area contributed by atoms with Gasteiger partial charge in [0.05, 0.1) is 11.0 Å². The number of aryl methyl sites for hydroxylation is 3. The molecule has 3 rings (SSSR count). The van der Waals surface area contributed by atoms with Gasteiger partial charge in [-0.25, -0.2) is 4.79 Å². The number of nitriles is 1. The molecule has 1 N–H and O–H groups in total. The number of hydrogen-bond acceptors (Lipinski definition) is 3. The van der Waals surface area contributed by atoms with Crippen molar-refractivity contribution in [3.8, 4) is 6.07 Å². The summed E-state index contributed by atoms with van der Waals surface area (Å²) in [7, 11) is 3.40. The molecule has 0 bridgehead atoms. The van der Waals surface area contributed by atoms with Crippen LogP contribution in [0.1, 0.15) is 16.7 Å². The molecule has 2 aromatic carbocycles. The number of nitrogens with zero attached hydrogens (tertiary/aromatic N) is 3. The summed E-state index contributed by atoms with van der Waals surface area (Å²) in [5, 5.41) is 12.2. The zero-order valence-corrected chi connectivity index (χ0v) is 15.7. The Balaban J connectivity index is 1.96. The quantitative estimate of drug-likeness (QED) is 0.576. The Labute approximate surface area is 157 Å². The van der Waals surface area contributed by atoms with Crippen LogP contribution in [0.4, 0.5) is 5.69 Å². The second kappa shape index (κ2) is 6.96. The Morgan fingerprint density at radius 3 is 2.52 bits per heavy atom. The Bertz CT molecular complexity index is 1190. The molecule has 0 saturated carbocycles. The summed E-state index contributed by atoms with van der Waals surface area (Å²) >= 11 is 0. The van der Waals surface area contributed by atoms with E-state index in [1.807, 2.05) is 32.0 Å². The number of fused-ring (bicyclic) bond motifs is 1. The number of benzene rings is 2. The smallest absolute Gasteiger partial charge is 0.321 e. The summed E-state index contributed by atoms with van der Waals surface area (Å²) in [6.45, 7) is 3.88. The molecule has 0 spiro atoms. The molecule has 1 aromatic heterocycles. The van der Waals surface area contributed by atoms with Crippen LogP contribution in [0.5, 0.6) is 0 Å². The molecule has 6 heteroatoms. The van der Waals surface area contributed by atoms with Gasteiger partial charge < -0.3 is 5.32 Å². The maximum absolute atomic E-state index is 12.5. The minimum atomic E-state index is -0.465. The van der Waals surface area contributed by atoms with Gasteiger partial charge in [0.25, 0.3) is 5.91 Å². The van der Waals surface area contributed by atoms with Crippen molar-refractivity contribution in [3.63, 3.8) is 0 Å². The number of imidazole rings is 1. The van der Waals surface area contributed by atoms with E-state index < -0.39 is 5.91 Å². The van der Waals surface area contributed by atoms with E-state index in [2.05, 4.69) is 5.32 Å². The molecule has 3 aromatic rings. The van der Waals surface area contributed by atoms with Crippen molar-refractivity contribution >= 4 is 28.7 Å². The van der Waals surface area contributed by atoms with Gasteiger partial charge in [0.2, 0.25) is 0 Å². The summed E-state index contributed by atoms with van der Waals surface area (Å²) < 4.78 is 3.09. The van der Waals surface area contributed by atoms with Gasteiger partial charge in [-0.05, 0) is 54.8 Å². The molecule has 136 valence electrons. The van der Waals surface area contributed by atoms with Crippen molar-refractivity contribution in [2.24, 2.45) is 14.1 Å². The fraction of sp³-hybridized carbons (Fsp3) is 0.190. The van der Waals surface area contributed by atoms with Crippen LogP contribution < -0.4 is 11.0 Å². The van der Waals surface area contributed by atoms with Gasteiger partial charge in [-0.1, -0.05) is 18.2 Å². The minimum Gasteiger partial charge on any atom is -0.321 e. The number of aromatic nitrogens is 2. The Morgan fingerprint density at radius 2 is 1.81 bits per heavy atom. The van der Waals surface area contributed by atoms with Gasteiger partial charge in [0, 0.05) is 19.8 Å². The molecule has 0 fully saturated rings. The predicted octanol–water partition coefficient (Wildman–Crippen LogP) is 3.04. The molecule has 27 heavy (non-hydrogen) atoms. The van der Waals surface area contributed by atoms with E-state index in [1.165, 1.54) is 10.6 Å². The molecule has 0 radical (unpaired) electrons. The fourth-order valence-corrected chi connectivity index (χ4v) is 3.01. The first-order valence-corrected chi connectivity index (χ1v) is 8.48. The van der Waals surface area contributed by atoms with Gasteiger partial charge in [-0.15, -0.1) is 0 Å². The SMILES string of the molecule is Cc1cccc(NC(=O)C(C#N)=Cc2ccc3c(c2)n(C)c(=O)n3C)c1C. The van der Waals surface area contributed by atoms with Crippen LogP contribution in [0.15, 0.2) is 46.8 Å². The molecule has 6 nitrogen and oxygen atoms in total. The van der Waals surface area contributed by atoms with Crippen molar-refractivity contribution in [2.75, 3.05) is 5.32 Å². The lowest BCUT2D eigenvalue weighted by Crippen LogP contribution is -2.19. The number of carbonyl (C=O) groups excluding carboxylic acids is 1. The molecule has 0 aliphatic heterocycles. The van der Waals surface area contributed by atoms with Crippen molar-refractivity contribution in [1.82, 2.24) is 9.13 Å². The largest absolute Gasteiger partial charge is 0.328 e. The molecule has 0 atom stereocenters. The fourth-order valence-electron chi connectivity index (χ4n) is 3.01. The van der Waals surface area contributed by atoms with Crippen LogP contribution in [0.25, 0.3) is 17.1 Å². The third-order valence-corrected chi connectivity index (χ3v) is 4.82. The van der Waals surface area contributed by atoms with E-state index >= 15 is 0 Å². The predicted molar refractivity (Wildman–Crippen MR) is 106 cm³/mol. The highest BCUT2D eigenvalue weighted by atomic mass is 16.2. The third kappa shape index (κ3) is 3.27. The molecule has 1 amide bonds. The van der Waals surface area contributed by atoms with E-state index in [1.54, 1.807) is 42.9 Å². The van der Waals surface area contributed by atoms with Crippen molar-refractivity contribution in [2.45, 2.75) is 13.8 Å². The third-order valence-electron chi connectivity index (χ3n) is 4.82. The molecular weight excluding hydrogens is 340 g/mol. The normalized spacial score (nSPS) is 11.4. The molecule has 0 unspecified atom stereocenters. The maximum Gasteiger partial charge on any atom is 0.328 e. The van der Waals surface area contributed by atoms with Gasteiger partial charge in [0.1, 0.15) is 11.6 Å². The van der Waals surface area contributed by atoms with Crippen LogP contribution in [-0.4, -0.2) is 15.0 Å². The standard InChI is InChI=1S/C21H20N4O2/c1-13-6-5-7-17(14(13)2)23-20(26)16(12-22)10-15-8-9-18-19(11-15)25(4)21(27)24(18)3/h5-11H,1-4H3,(H,23,26). The van der Waals surface area contributed by atoms with Gasteiger partial charge in [-0.2, -0.15) is 5.26 Å². The average molecular weight is 360 g/mol. The first-order chi connectivity index (χ1) is 12.8. The number of rotatable bonds is 3. The molecule has 1 heterocycles. The lowest BCUT2D eigenvalue weighted by Gasteiger charge is -2.09. The monoisotopic (exact) mass is 360 g/mol. The van der Waals surface area contributed by atoms with Crippen LogP contribution >= 0.6 is 0 Å². The van der Waals surface area contributed by atoms with Gasteiger partial charge >= 0.3 is 5.69 Å². The van der Waals surface area contributed by atoms with E-state index in [-0.39, 0.29) is 11.3 Å². The molecule has 0 aliphatic carbocycles. The highest BCUT2D eigenvalue weighted by molar-refractivity contribution is 6.10. The summed E-state index contributed by atoms with van der Waals surface area (Å²) in [6, 6.07) is 13.0.